The van der Waals surface area contributed by atoms with Gasteiger partial charge in [0.15, 0.2) is 12.0 Å². The molecule has 0 saturated heterocycles. The Morgan fingerprint density at radius 2 is 2.38 bits per heavy atom. The Morgan fingerprint density at radius 3 is 3.15 bits per heavy atom. The van der Waals surface area contributed by atoms with Crippen LogP contribution in [0.15, 0.2) is 29.0 Å². The highest BCUT2D eigenvalue weighted by atomic mass is 16.3. The minimum Gasteiger partial charge on any atom is -0.443 e. The van der Waals surface area contributed by atoms with Crippen LogP contribution in [-0.4, -0.2) is 16.7 Å². The minimum atomic E-state index is 0.148. The summed E-state index contributed by atoms with van der Waals surface area (Å²) in [6, 6.07) is 5.79. The number of hydrogen-bond donors (Lipinski definition) is 1. The first kappa shape index (κ1) is 8.26. The Labute approximate surface area is 76.0 Å². The van der Waals surface area contributed by atoms with Crippen molar-refractivity contribution in [1.82, 2.24) is 4.98 Å². The van der Waals surface area contributed by atoms with E-state index in [-0.39, 0.29) is 12.5 Å². The summed E-state index contributed by atoms with van der Waals surface area (Å²) in [5, 5.41) is 8.96. The normalized spacial score (nSPS) is 13.4. The molecule has 1 unspecified atom stereocenters. The molecule has 0 spiro atoms. The Bertz CT molecular complexity index is 408. The van der Waals surface area contributed by atoms with Crippen molar-refractivity contribution in [3.63, 3.8) is 0 Å². The number of nitrogens with zero attached hydrogens (tertiary/aromatic N) is 1. The molecule has 0 aliphatic rings. The van der Waals surface area contributed by atoms with E-state index in [0.29, 0.717) is 0 Å². The highest BCUT2D eigenvalue weighted by molar-refractivity contribution is 5.72. The Hall–Kier alpha value is -1.35. The van der Waals surface area contributed by atoms with E-state index >= 15 is 0 Å². The number of hydrogen-bond acceptors (Lipinski definition) is 3. The molecule has 0 aliphatic heterocycles. The van der Waals surface area contributed by atoms with Gasteiger partial charge in [0.25, 0.3) is 0 Å². The molecule has 2 aromatic rings. The maximum absolute atomic E-state index is 8.96. The first-order chi connectivity index (χ1) is 6.31. The summed E-state index contributed by atoms with van der Waals surface area (Å²) in [6.07, 6.45) is 1.43. The van der Waals surface area contributed by atoms with Gasteiger partial charge in [0.2, 0.25) is 0 Å². The molecule has 0 bridgehead atoms. The summed E-state index contributed by atoms with van der Waals surface area (Å²) in [4.78, 5) is 4.02. The monoisotopic (exact) mass is 177 g/mol. The molecule has 0 fully saturated rings. The van der Waals surface area contributed by atoms with Gasteiger partial charge in [-0.1, -0.05) is 13.0 Å². The molecular weight excluding hydrogens is 166 g/mol. The van der Waals surface area contributed by atoms with Gasteiger partial charge in [-0.05, 0) is 17.7 Å². The van der Waals surface area contributed by atoms with E-state index in [0.717, 1.165) is 16.7 Å². The molecule has 1 aromatic carbocycles. The van der Waals surface area contributed by atoms with Crippen LogP contribution < -0.4 is 0 Å². The Balaban J connectivity index is 2.48. The molecule has 0 saturated carbocycles. The molecule has 0 radical (unpaired) electrons. The van der Waals surface area contributed by atoms with E-state index in [2.05, 4.69) is 4.98 Å². The van der Waals surface area contributed by atoms with Gasteiger partial charge in [-0.3, -0.25) is 0 Å². The van der Waals surface area contributed by atoms with E-state index < -0.39 is 0 Å². The standard InChI is InChI=1S/C10H11NO2/c1-7(5-12)8-2-3-9-10(4-8)13-6-11-9/h2-4,6-7,12H,5H2,1H3. The maximum atomic E-state index is 8.96. The third-order valence-corrected chi connectivity index (χ3v) is 2.20. The molecule has 1 atom stereocenters. The predicted octanol–water partition coefficient (Wildman–Crippen LogP) is 1.92. The number of benzene rings is 1. The Morgan fingerprint density at radius 1 is 1.54 bits per heavy atom. The number of rotatable bonds is 2. The van der Waals surface area contributed by atoms with E-state index in [1.54, 1.807) is 0 Å². The molecule has 0 aliphatic carbocycles. The summed E-state index contributed by atoms with van der Waals surface area (Å²) < 4.78 is 5.16. The zero-order valence-electron chi connectivity index (χ0n) is 7.40. The number of aromatic nitrogens is 1. The van der Waals surface area contributed by atoms with Gasteiger partial charge in [-0.25, -0.2) is 4.98 Å². The van der Waals surface area contributed by atoms with Crippen molar-refractivity contribution in [2.24, 2.45) is 0 Å². The lowest BCUT2D eigenvalue weighted by molar-refractivity contribution is 0.273. The molecule has 2 rings (SSSR count). The van der Waals surface area contributed by atoms with Crippen molar-refractivity contribution in [2.75, 3.05) is 6.61 Å². The van der Waals surface area contributed by atoms with Crippen LogP contribution >= 0.6 is 0 Å². The van der Waals surface area contributed by atoms with E-state index in [4.69, 9.17) is 9.52 Å². The molecular formula is C10H11NO2. The molecule has 3 nitrogen and oxygen atoms in total. The highest BCUT2D eigenvalue weighted by Gasteiger charge is 2.06. The fraction of sp³-hybridized carbons (Fsp3) is 0.300. The minimum absolute atomic E-state index is 0.148. The maximum Gasteiger partial charge on any atom is 0.181 e. The van der Waals surface area contributed by atoms with E-state index in [9.17, 15) is 0 Å². The summed E-state index contributed by atoms with van der Waals surface area (Å²) >= 11 is 0. The second-order valence-corrected chi connectivity index (χ2v) is 3.16. The lowest BCUT2D eigenvalue weighted by Gasteiger charge is -2.06. The zero-order chi connectivity index (χ0) is 9.26. The van der Waals surface area contributed by atoms with Crippen molar-refractivity contribution in [3.05, 3.63) is 30.2 Å². The second kappa shape index (κ2) is 3.18. The van der Waals surface area contributed by atoms with Gasteiger partial charge >= 0.3 is 0 Å². The van der Waals surface area contributed by atoms with E-state index in [1.165, 1.54) is 6.39 Å². The second-order valence-electron chi connectivity index (χ2n) is 3.16. The zero-order valence-corrected chi connectivity index (χ0v) is 7.40. The molecule has 3 heteroatoms. The van der Waals surface area contributed by atoms with Crippen molar-refractivity contribution in [2.45, 2.75) is 12.8 Å². The van der Waals surface area contributed by atoms with Crippen LogP contribution in [0.4, 0.5) is 0 Å². The number of aliphatic hydroxyl groups is 1. The lowest BCUT2D eigenvalue weighted by Crippen LogP contribution is -1.97. The average molecular weight is 177 g/mol. The van der Waals surface area contributed by atoms with Gasteiger partial charge in [-0.2, -0.15) is 0 Å². The molecule has 1 N–H and O–H groups in total. The number of fused-ring (bicyclic) bond motifs is 1. The predicted molar refractivity (Wildman–Crippen MR) is 49.5 cm³/mol. The molecule has 1 aromatic heterocycles. The third-order valence-electron chi connectivity index (χ3n) is 2.20. The molecule has 13 heavy (non-hydrogen) atoms. The van der Waals surface area contributed by atoms with Crippen LogP contribution in [0.3, 0.4) is 0 Å². The molecule has 1 heterocycles. The van der Waals surface area contributed by atoms with Crippen molar-refractivity contribution in [3.8, 4) is 0 Å². The third kappa shape index (κ3) is 1.42. The largest absolute Gasteiger partial charge is 0.443 e. The highest BCUT2D eigenvalue weighted by Crippen LogP contribution is 2.20. The first-order valence-electron chi connectivity index (χ1n) is 4.25. The van der Waals surface area contributed by atoms with Crippen LogP contribution in [0.25, 0.3) is 11.1 Å². The van der Waals surface area contributed by atoms with Gasteiger partial charge in [0.05, 0.1) is 0 Å². The van der Waals surface area contributed by atoms with Crippen LogP contribution in [0, 0.1) is 0 Å². The fourth-order valence-electron chi connectivity index (χ4n) is 1.28. The van der Waals surface area contributed by atoms with Gasteiger partial charge in [-0.15, -0.1) is 0 Å². The number of oxazole rings is 1. The average Bonchev–Trinajstić information content (AvgIpc) is 2.63. The first-order valence-corrected chi connectivity index (χ1v) is 4.25. The quantitative estimate of drug-likeness (QED) is 0.762. The molecule has 0 amide bonds. The summed E-state index contributed by atoms with van der Waals surface area (Å²) in [5.41, 5.74) is 2.71. The van der Waals surface area contributed by atoms with Crippen LogP contribution in [0.5, 0.6) is 0 Å². The number of aliphatic hydroxyl groups excluding tert-OH is 1. The lowest BCUT2D eigenvalue weighted by atomic mass is 10.0. The van der Waals surface area contributed by atoms with Gasteiger partial charge in [0.1, 0.15) is 5.52 Å². The van der Waals surface area contributed by atoms with E-state index in [1.807, 2.05) is 25.1 Å². The van der Waals surface area contributed by atoms with Crippen molar-refractivity contribution < 1.29 is 9.52 Å². The topological polar surface area (TPSA) is 46.3 Å². The summed E-state index contributed by atoms with van der Waals surface area (Å²) in [6.45, 7) is 2.12. The Kier molecular flexibility index (Phi) is 2.02. The SMILES string of the molecule is CC(CO)c1ccc2ncoc2c1. The van der Waals surface area contributed by atoms with Crippen LogP contribution in [0.1, 0.15) is 18.4 Å². The fourth-order valence-corrected chi connectivity index (χ4v) is 1.28. The van der Waals surface area contributed by atoms with Crippen molar-refractivity contribution in [1.29, 1.82) is 0 Å². The molecule has 68 valence electrons. The smallest absolute Gasteiger partial charge is 0.181 e. The summed E-state index contributed by atoms with van der Waals surface area (Å²) in [7, 11) is 0. The van der Waals surface area contributed by atoms with Crippen molar-refractivity contribution >= 4 is 11.1 Å². The van der Waals surface area contributed by atoms with Gasteiger partial charge in [0, 0.05) is 12.5 Å². The summed E-state index contributed by atoms with van der Waals surface area (Å²) in [5.74, 6) is 0.148. The van der Waals surface area contributed by atoms with Crippen LogP contribution in [0.2, 0.25) is 0 Å². The van der Waals surface area contributed by atoms with Crippen LogP contribution in [-0.2, 0) is 0 Å². The van der Waals surface area contributed by atoms with Gasteiger partial charge < -0.3 is 9.52 Å².